The van der Waals surface area contributed by atoms with Crippen LogP contribution in [0.25, 0.3) is 0 Å². The molecule has 54 heavy (non-hydrogen) atoms. The molecule has 1 fully saturated rings. The molecule has 1 saturated heterocycles. The van der Waals surface area contributed by atoms with Crippen molar-refractivity contribution in [2.24, 2.45) is 0 Å². The molecule has 310 valence electrons. The first-order valence-corrected chi connectivity index (χ1v) is 20.0. The lowest BCUT2D eigenvalue weighted by Crippen LogP contribution is -2.60. The van der Waals surface area contributed by atoms with E-state index in [9.17, 15) is 39.9 Å². The first-order chi connectivity index (χ1) is 26.1. The smallest absolute Gasteiger partial charge is 0.410 e. The van der Waals surface area contributed by atoms with Crippen LogP contribution in [0, 0.1) is 0 Å². The lowest BCUT2D eigenvalue weighted by Gasteiger charge is -2.40. The topological polar surface area (TPSA) is 211 Å². The fraction of sp³-hybridized carbons (Fsp3) is 0.775. The lowest BCUT2D eigenvalue weighted by molar-refractivity contribution is -0.303. The zero-order valence-corrected chi connectivity index (χ0v) is 32.4. The Morgan fingerprint density at radius 1 is 0.796 bits per heavy atom. The molecule has 0 saturated carbocycles. The molecule has 14 nitrogen and oxygen atoms in total. The van der Waals surface area contributed by atoms with Gasteiger partial charge in [0.2, 0.25) is 6.79 Å². The van der Waals surface area contributed by atoms with Crippen molar-refractivity contribution in [2.45, 2.75) is 178 Å². The molecule has 0 aliphatic carbocycles. The number of carbonyl (C=O) groups excluding carboxylic acids is 3. The predicted octanol–water partition coefficient (Wildman–Crippen LogP) is 4.59. The maximum absolute atomic E-state index is 13.1. The Bertz CT molecular complexity index is 1140. The van der Waals surface area contributed by atoms with E-state index >= 15 is 0 Å². The molecule has 0 aromatic heterocycles. The Kier molecular flexibility index (Phi) is 25.0. The van der Waals surface area contributed by atoms with E-state index in [0.717, 1.165) is 51.9 Å². The van der Waals surface area contributed by atoms with Crippen LogP contribution in [0.2, 0.25) is 0 Å². The van der Waals surface area contributed by atoms with E-state index in [4.69, 9.17) is 18.9 Å². The molecule has 1 aromatic carbocycles. The zero-order chi connectivity index (χ0) is 39.6. The number of ether oxygens (including phenoxy) is 5. The van der Waals surface area contributed by atoms with E-state index in [2.05, 4.69) is 29.1 Å². The van der Waals surface area contributed by atoms with Crippen molar-refractivity contribution in [1.29, 1.82) is 0 Å². The van der Waals surface area contributed by atoms with Gasteiger partial charge in [0.15, 0.2) is 6.29 Å². The molecule has 14 heteroatoms. The zero-order valence-electron chi connectivity index (χ0n) is 32.4. The molecular weight excluding hydrogens is 702 g/mol. The fourth-order valence-corrected chi connectivity index (χ4v) is 6.38. The molecule has 1 aromatic rings. The van der Waals surface area contributed by atoms with Gasteiger partial charge in [-0.15, -0.1) is 0 Å². The van der Waals surface area contributed by atoms with Gasteiger partial charge in [0.05, 0.1) is 19.3 Å². The molecule has 6 N–H and O–H groups in total. The number of unbranched alkanes of at least 4 members (excludes halogenated alkanes) is 13. The molecule has 8 atom stereocenters. The Morgan fingerprint density at radius 2 is 1.41 bits per heavy atom. The summed E-state index contributed by atoms with van der Waals surface area (Å²) in [5, 5.41) is 54.5. The van der Waals surface area contributed by atoms with Gasteiger partial charge in [-0.2, -0.15) is 0 Å². The number of aryl methyl sites for hydroxylation is 1. The van der Waals surface area contributed by atoms with Gasteiger partial charge in [-0.25, -0.2) is 4.79 Å². The third-order valence-electron chi connectivity index (χ3n) is 9.65. The third-order valence-corrected chi connectivity index (χ3v) is 9.65. The van der Waals surface area contributed by atoms with E-state index < -0.39 is 87.0 Å². The molecule has 2 rings (SSSR count). The lowest BCUT2D eigenvalue weighted by atomic mass is 9.98. The first-order valence-electron chi connectivity index (χ1n) is 20.0. The van der Waals surface area contributed by atoms with E-state index in [1.807, 2.05) is 18.2 Å². The summed E-state index contributed by atoms with van der Waals surface area (Å²) in [7, 11) is 0. The van der Waals surface area contributed by atoms with Crippen molar-refractivity contribution in [3.05, 3.63) is 35.9 Å². The number of aliphatic hydroxyl groups is 5. The number of esters is 2. The highest BCUT2D eigenvalue weighted by molar-refractivity contribution is 5.70. The van der Waals surface area contributed by atoms with Crippen LogP contribution < -0.4 is 5.32 Å². The molecule has 0 bridgehead atoms. The second kappa shape index (κ2) is 28.5. The SMILES string of the molecule is CCCCCCCCCCCCCC[C@@H](OC(=O)CCCCCc1ccccc1)[C@@H](O)[C@H](CO[C@H]1OC(CO)[C@H](O)[C@H](O)C1O)NC(=O)OCOC(C)=O. The molecule has 2 unspecified atom stereocenters. The Hall–Kier alpha value is -2.85. The van der Waals surface area contributed by atoms with Gasteiger partial charge in [0, 0.05) is 13.3 Å². The van der Waals surface area contributed by atoms with Crippen molar-refractivity contribution in [3.8, 4) is 0 Å². The summed E-state index contributed by atoms with van der Waals surface area (Å²) in [6.07, 6.45) is 5.65. The van der Waals surface area contributed by atoms with Crippen LogP contribution >= 0.6 is 0 Å². The average Bonchev–Trinajstić information content (AvgIpc) is 3.16. The largest absolute Gasteiger partial charge is 0.460 e. The summed E-state index contributed by atoms with van der Waals surface area (Å²) < 4.78 is 26.5. The maximum Gasteiger partial charge on any atom is 0.410 e. The minimum Gasteiger partial charge on any atom is -0.460 e. The summed E-state index contributed by atoms with van der Waals surface area (Å²) >= 11 is 0. The van der Waals surface area contributed by atoms with E-state index in [-0.39, 0.29) is 6.42 Å². The summed E-state index contributed by atoms with van der Waals surface area (Å²) in [5.74, 6) is -1.18. The third kappa shape index (κ3) is 19.7. The fourth-order valence-electron chi connectivity index (χ4n) is 6.38. The van der Waals surface area contributed by atoms with Gasteiger partial charge < -0.3 is 54.5 Å². The number of nitrogens with one attached hydrogen (secondary N) is 1. The minimum atomic E-state index is -1.73. The monoisotopic (exact) mass is 769 g/mol. The molecule has 0 spiro atoms. The van der Waals surface area contributed by atoms with Crippen molar-refractivity contribution in [1.82, 2.24) is 5.32 Å². The van der Waals surface area contributed by atoms with E-state index in [1.54, 1.807) is 0 Å². The molecular formula is C40H67NO13. The molecule has 1 amide bonds. The number of alkyl carbamates (subject to hydrolysis) is 1. The van der Waals surface area contributed by atoms with Crippen LogP contribution in [0.4, 0.5) is 4.79 Å². The first kappa shape index (κ1) is 47.3. The summed E-state index contributed by atoms with van der Waals surface area (Å²) in [4.78, 5) is 36.9. The number of benzene rings is 1. The van der Waals surface area contributed by atoms with Crippen LogP contribution in [0.15, 0.2) is 30.3 Å². The van der Waals surface area contributed by atoms with Crippen LogP contribution in [0.1, 0.15) is 129 Å². The van der Waals surface area contributed by atoms with E-state index in [0.29, 0.717) is 19.3 Å². The van der Waals surface area contributed by atoms with Gasteiger partial charge >= 0.3 is 18.0 Å². The quantitative estimate of drug-likeness (QED) is 0.0375. The van der Waals surface area contributed by atoms with Crippen LogP contribution in [-0.2, 0) is 39.7 Å². The number of hydrogen-bond donors (Lipinski definition) is 6. The molecule has 0 radical (unpaired) electrons. The number of amides is 1. The van der Waals surface area contributed by atoms with Crippen molar-refractivity contribution < 1.29 is 63.6 Å². The molecule has 1 aliphatic rings. The second-order valence-electron chi connectivity index (χ2n) is 14.2. The number of rotatable bonds is 29. The van der Waals surface area contributed by atoms with Crippen molar-refractivity contribution in [2.75, 3.05) is 20.0 Å². The van der Waals surface area contributed by atoms with Crippen LogP contribution in [0.3, 0.4) is 0 Å². The Balaban J connectivity index is 2.05. The predicted molar refractivity (Wildman–Crippen MR) is 200 cm³/mol. The van der Waals surface area contributed by atoms with Crippen LogP contribution in [0.5, 0.6) is 0 Å². The highest BCUT2D eigenvalue weighted by Gasteiger charge is 2.45. The Morgan fingerprint density at radius 3 is 2.02 bits per heavy atom. The number of hydrogen-bond acceptors (Lipinski definition) is 13. The van der Waals surface area contributed by atoms with E-state index in [1.165, 1.54) is 50.5 Å². The van der Waals surface area contributed by atoms with Gasteiger partial charge in [-0.05, 0) is 37.7 Å². The summed E-state index contributed by atoms with van der Waals surface area (Å²) in [5.41, 5.74) is 1.22. The van der Waals surface area contributed by atoms with Gasteiger partial charge in [-0.3, -0.25) is 9.59 Å². The highest BCUT2D eigenvalue weighted by Crippen LogP contribution is 2.24. The average molecular weight is 770 g/mol. The maximum atomic E-state index is 13.1. The molecule has 1 heterocycles. The summed E-state index contributed by atoms with van der Waals surface area (Å²) in [6.45, 7) is 1.45. The number of carbonyl (C=O) groups is 3. The van der Waals surface area contributed by atoms with Crippen LogP contribution in [-0.4, -0.2) is 113 Å². The van der Waals surface area contributed by atoms with Gasteiger partial charge in [0.1, 0.15) is 36.6 Å². The highest BCUT2D eigenvalue weighted by atomic mass is 16.7. The Labute approximate surface area is 320 Å². The van der Waals surface area contributed by atoms with Gasteiger partial charge in [-0.1, -0.05) is 114 Å². The second-order valence-corrected chi connectivity index (χ2v) is 14.2. The summed E-state index contributed by atoms with van der Waals surface area (Å²) in [6, 6.07) is 8.77. The normalized spacial score (nSPS) is 21.5. The van der Waals surface area contributed by atoms with Crippen molar-refractivity contribution in [3.63, 3.8) is 0 Å². The molecule has 1 aliphatic heterocycles. The number of aliphatic hydroxyl groups excluding tert-OH is 5. The van der Waals surface area contributed by atoms with Gasteiger partial charge in [0.25, 0.3) is 0 Å². The standard InChI is InChI=1S/C40H67NO13/c1-3-4-5-6-7-8-9-10-11-12-13-19-24-32(53-34(44)25-20-15-18-23-30-21-16-14-17-22-30)35(45)31(41-40(49)52-28-51-29(2)43)27-50-39-38(48)37(47)36(46)33(26-42)54-39/h14,16-17,21-22,31-33,35-39,42,45-48H,3-13,15,18-20,23-28H2,1-2H3,(H,41,49)/t31-,32+,33?,35-,36-,37-,38?,39-/m0/s1. The minimum absolute atomic E-state index is 0.139. The van der Waals surface area contributed by atoms with Crippen molar-refractivity contribution >= 4 is 18.0 Å².